The van der Waals surface area contributed by atoms with E-state index in [0.29, 0.717) is 5.69 Å². The lowest BCUT2D eigenvalue weighted by Crippen LogP contribution is -2.30. The second-order valence-corrected chi connectivity index (χ2v) is 5.62. The van der Waals surface area contributed by atoms with Crippen LogP contribution in [0.1, 0.15) is 17.8 Å². The summed E-state index contributed by atoms with van der Waals surface area (Å²) in [5.41, 5.74) is 1.52. The topological polar surface area (TPSA) is 84.7 Å². The van der Waals surface area contributed by atoms with Crippen LogP contribution in [0.4, 0.5) is 10.5 Å². The van der Waals surface area contributed by atoms with Crippen LogP contribution in [0, 0.1) is 0 Å². The average molecular weight is 314 g/mol. The highest BCUT2D eigenvalue weighted by Crippen LogP contribution is 2.18. The van der Waals surface area contributed by atoms with E-state index in [4.69, 9.17) is 0 Å². The molecule has 2 aromatic heterocycles. The molecule has 1 unspecified atom stereocenters. The molecule has 2 amide bonds. The number of carbonyl (C=O) groups excluding carboxylic acids is 1. The van der Waals surface area contributed by atoms with Crippen molar-refractivity contribution in [1.82, 2.24) is 25.5 Å². The van der Waals surface area contributed by atoms with Crippen molar-refractivity contribution in [2.24, 2.45) is 0 Å². The van der Waals surface area contributed by atoms with Crippen molar-refractivity contribution in [3.05, 3.63) is 53.0 Å². The van der Waals surface area contributed by atoms with Crippen LogP contribution in [0.3, 0.4) is 0 Å². The molecule has 3 rings (SSSR count). The molecule has 2 N–H and O–H groups in total. The van der Waals surface area contributed by atoms with E-state index in [1.54, 1.807) is 28.2 Å². The second kappa shape index (κ2) is 6.35. The summed E-state index contributed by atoms with van der Waals surface area (Å²) in [6.07, 6.45) is 1.51. The Morgan fingerprint density at radius 3 is 2.73 bits per heavy atom. The first-order valence-electron chi connectivity index (χ1n) is 6.67. The molecule has 0 aliphatic heterocycles. The van der Waals surface area contributed by atoms with E-state index in [0.717, 1.165) is 10.6 Å². The third kappa shape index (κ3) is 3.29. The monoisotopic (exact) mass is 314 g/mol. The summed E-state index contributed by atoms with van der Waals surface area (Å²) in [7, 11) is 0. The molecule has 0 radical (unpaired) electrons. The molecule has 112 valence electrons. The molecule has 0 aliphatic rings. The number of amides is 2. The van der Waals surface area contributed by atoms with Crippen molar-refractivity contribution in [2.45, 2.75) is 13.0 Å². The number of thiophene rings is 1. The van der Waals surface area contributed by atoms with Gasteiger partial charge in [0.25, 0.3) is 0 Å². The summed E-state index contributed by atoms with van der Waals surface area (Å²) < 4.78 is 1.54. The zero-order valence-corrected chi connectivity index (χ0v) is 12.6. The molecule has 0 saturated carbocycles. The lowest BCUT2D eigenvalue weighted by Gasteiger charge is -2.13. The minimum absolute atomic E-state index is 0.0273. The van der Waals surface area contributed by atoms with Crippen molar-refractivity contribution >= 4 is 23.1 Å². The quantitative estimate of drug-likeness (QED) is 0.775. The number of hydrogen-bond donors (Lipinski definition) is 2. The Morgan fingerprint density at radius 2 is 2.09 bits per heavy atom. The Kier molecular flexibility index (Phi) is 4.10. The molecule has 1 aromatic carbocycles. The predicted molar refractivity (Wildman–Crippen MR) is 84.0 cm³/mol. The van der Waals surface area contributed by atoms with E-state index in [1.807, 2.05) is 36.6 Å². The predicted octanol–water partition coefficient (Wildman–Crippen LogP) is 2.61. The molecule has 7 nitrogen and oxygen atoms in total. The first-order valence-corrected chi connectivity index (χ1v) is 7.55. The molecule has 0 fully saturated rings. The Morgan fingerprint density at radius 1 is 1.27 bits per heavy atom. The van der Waals surface area contributed by atoms with Gasteiger partial charge in [-0.3, -0.25) is 0 Å². The standard InChI is InChI=1S/C14H14N6OS/c1-10(13-3-2-8-22-13)16-14(21)17-11-4-6-12(7-5-11)20-9-15-18-19-20/h2-10H,1H3,(H2,16,17,21). The maximum absolute atomic E-state index is 12.0. The van der Waals surface area contributed by atoms with Crippen molar-refractivity contribution in [3.63, 3.8) is 0 Å². The average Bonchev–Trinajstić information content (AvgIpc) is 3.21. The minimum atomic E-state index is -0.240. The first-order chi connectivity index (χ1) is 10.7. The van der Waals surface area contributed by atoms with E-state index < -0.39 is 0 Å². The lowest BCUT2D eigenvalue weighted by molar-refractivity contribution is 0.249. The molecule has 1 atom stereocenters. The molecular formula is C14H14N6OS. The molecule has 2 heterocycles. The van der Waals surface area contributed by atoms with Gasteiger partial charge in [0.15, 0.2) is 0 Å². The van der Waals surface area contributed by atoms with Gasteiger partial charge in [0.2, 0.25) is 0 Å². The van der Waals surface area contributed by atoms with E-state index in [-0.39, 0.29) is 12.1 Å². The maximum Gasteiger partial charge on any atom is 0.319 e. The van der Waals surface area contributed by atoms with E-state index >= 15 is 0 Å². The van der Waals surface area contributed by atoms with Gasteiger partial charge in [-0.1, -0.05) is 6.07 Å². The van der Waals surface area contributed by atoms with E-state index in [2.05, 4.69) is 26.2 Å². The second-order valence-electron chi connectivity index (χ2n) is 4.64. The Balaban J connectivity index is 1.60. The summed E-state index contributed by atoms with van der Waals surface area (Å²) in [6.45, 7) is 1.95. The molecule has 3 aromatic rings. The summed E-state index contributed by atoms with van der Waals surface area (Å²) in [5.74, 6) is 0. The fourth-order valence-electron chi connectivity index (χ4n) is 1.95. The summed E-state index contributed by atoms with van der Waals surface area (Å²) in [4.78, 5) is 13.1. The molecule has 0 saturated heterocycles. The molecule has 0 bridgehead atoms. The van der Waals surface area contributed by atoms with Crippen LogP contribution < -0.4 is 10.6 Å². The van der Waals surface area contributed by atoms with Crippen molar-refractivity contribution < 1.29 is 4.79 Å². The first kappa shape index (κ1) is 14.2. The van der Waals surface area contributed by atoms with Crippen molar-refractivity contribution in [3.8, 4) is 5.69 Å². The van der Waals surface area contributed by atoms with Gasteiger partial charge in [-0.15, -0.1) is 16.4 Å². The van der Waals surface area contributed by atoms with Gasteiger partial charge >= 0.3 is 6.03 Å². The van der Waals surface area contributed by atoms with Crippen LogP contribution in [0.5, 0.6) is 0 Å². The van der Waals surface area contributed by atoms with Gasteiger partial charge in [-0.2, -0.15) is 0 Å². The van der Waals surface area contributed by atoms with E-state index in [9.17, 15) is 4.79 Å². The number of anilines is 1. The number of rotatable bonds is 4. The fraction of sp³-hybridized carbons (Fsp3) is 0.143. The molecule has 22 heavy (non-hydrogen) atoms. The number of nitrogens with one attached hydrogen (secondary N) is 2. The van der Waals surface area contributed by atoms with Gasteiger partial charge in [0.05, 0.1) is 11.7 Å². The number of aromatic nitrogens is 4. The van der Waals surface area contributed by atoms with Gasteiger partial charge in [0.1, 0.15) is 6.33 Å². The molecule has 8 heteroatoms. The van der Waals surface area contributed by atoms with Crippen LogP contribution in [-0.2, 0) is 0 Å². The number of hydrogen-bond acceptors (Lipinski definition) is 5. The third-order valence-corrected chi connectivity index (χ3v) is 4.11. The van der Waals surface area contributed by atoms with Gasteiger partial charge in [-0.25, -0.2) is 9.48 Å². The Hall–Kier alpha value is -2.74. The van der Waals surface area contributed by atoms with Crippen LogP contribution >= 0.6 is 11.3 Å². The smallest absolute Gasteiger partial charge is 0.319 e. The van der Waals surface area contributed by atoms with Crippen molar-refractivity contribution in [2.75, 3.05) is 5.32 Å². The normalized spacial score (nSPS) is 11.9. The van der Waals surface area contributed by atoms with Crippen molar-refractivity contribution in [1.29, 1.82) is 0 Å². The Labute approximate surface area is 131 Å². The zero-order valence-electron chi connectivity index (χ0n) is 11.8. The minimum Gasteiger partial charge on any atom is -0.331 e. The number of benzene rings is 1. The van der Waals surface area contributed by atoms with Crippen LogP contribution in [0.2, 0.25) is 0 Å². The van der Waals surface area contributed by atoms with Gasteiger partial charge < -0.3 is 10.6 Å². The highest BCUT2D eigenvalue weighted by Gasteiger charge is 2.10. The number of carbonyl (C=O) groups is 1. The summed E-state index contributed by atoms with van der Waals surface area (Å²) in [6, 6.07) is 10.9. The van der Waals surface area contributed by atoms with Gasteiger partial charge in [-0.05, 0) is 53.1 Å². The SMILES string of the molecule is CC(NC(=O)Nc1ccc(-n2cnnn2)cc1)c1cccs1. The van der Waals surface area contributed by atoms with E-state index in [1.165, 1.54) is 6.33 Å². The zero-order chi connectivity index (χ0) is 15.4. The summed E-state index contributed by atoms with van der Waals surface area (Å²) >= 11 is 1.62. The highest BCUT2D eigenvalue weighted by atomic mass is 32.1. The fourth-order valence-corrected chi connectivity index (χ4v) is 2.68. The van der Waals surface area contributed by atoms with Crippen LogP contribution in [0.25, 0.3) is 5.69 Å². The molecule has 0 spiro atoms. The third-order valence-electron chi connectivity index (χ3n) is 3.06. The Bertz CT molecular complexity index is 723. The number of tetrazole rings is 1. The highest BCUT2D eigenvalue weighted by molar-refractivity contribution is 7.10. The van der Waals surface area contributed by atoms with Crippen LogP contribution in [0.15, 0.2) is 48.1 Å². The number of nitrogens with zero attached hydrogens (tertiary/aromatic N) is 4. The largest absolute Gasteiger partial charge is 0.331 e. The molecular weight excluding hydrogens is 300 g/mol. The van der Waals surface area contributed by atoms with Gasteiger partial charge in [0, 0.05) is 10.6 Å². The van der Waals surface area contributed by atoms with Crippen LogP contribution in [-0.4, -0.2) is 26.2 Å². The molecule has 0 aliphatic carbocycles. The number of urea groups is 1. The summed E-state index contributed by atoms with van der Waals surface area (Å²) in [5, 5.41) is 18.6. The maximum atomic E-state index is 12.0. The lowest BCUT2D eigenvalue weighted by atomic mass is 10.2.